The number of hydrogen-bond donors (Lipinski definition) is 0. The Hall–Kier alpha value is -16.2. The molecule has 2 aliphatic heterocycles. The molecule has 578 valence electrons. The van der Waals surface area contributed by atoms with E-state index in [0.717, 1.165) is 139 Å². The summed E-state index contributed by atoms with van der Waals surface area (Å²) in [6.45, 7) is -0.470. The van der Waals surface area contributed by atoms with Crippen LogP contribution >= 0.6 is 0 Å². The van der Waals surface area contributed by atoms with Gasteiger partial charge in [0.05, 0.1) is 0 Å². The predicted octanol–water partition coefficient (Wildman–Crippen LogP) is 31.6. The van der Waals surface area contributed by atoms with Gasteiger partial charge in [-0.25, -0.2) is 0 Å². The molecule has 0 saturated heterocycles. The number of rotatable bonds is 12. The standard InChI is InChI=1S/C122H75BO2/c1-5-39-76(40-6-1)110-88-55-21-29-63-96(88)114(97-64-30-22-56-89(97)110)84-51-17-13-47-80(84)104-71-37-73-108-119(104)124-121-106(82-49-15-19-53-86(82)116-100-67-33-25-59-92(100)112(78-43-9-3-10-44-78)93-60-26-34-68-101(93)116)75-107(83-50-16-20-54-87(83)117-102-69-35-27-61-94(102)113(79-45-11-4-12-46-79)95-62-28-36-70-103(95)117)122-118(121)123(108)109-74-38-72-105(120(109)125-122)81-48-14-18-52-85(81)115-98-65-31-23-57-90(98)111(77-41-7-2-8-42-77)91-58-24-32-66-99(91)115/h1-75H. The lowest BCUT2D eigenvalue weighted by atomic mass is 9.34. The summed E-state index contributed by atoms with van der Waals surface area (Å²) in [5, 5.41) is 18.8. The third-order valence-electron chi connectivity index (χ3n) is 26.6. The zero-order valence-electron chi connectivity index (χ0n) is 68.2. The Kier molecular flexibility index (Phi) is 16.8. The predicted molar refractivity (Wildman–Crippen MR) is 529 cm³/mol. The molecule has 0 N–H and O–H groups in total. The van der Waals surface area contributed by atoms with E-state index in [1.165, 1.54) is 120 Å². The van der Waals surface area contributed by atoms with Crippen molar-refractivity contribution < 1.29 is 9.47 Å². The maximum atomic E-state index is 8.51. The van der Waals surface area contributed by atoms with Crippen molar-refractivity contribution in [1.29, 1.82) is 0 Å². The van der Waals surface area contributed by atoms with E-state index in [9.17, 15) is 0 Å². The molecule has 0 atom stereocenters. The van der Waals surface area contributed by atoms with Gasteiger partial charge in [0.25, 0.3) is 6.71 Å². The van der Waals surface area contributed by atoms with Crippen LogP contribution in [0, 0.1) is 0 Å². The highest BCUT2D eigenvalue weighted by Crippen LogP contribution is 2.58. The first-order valence-corrected chi connectivity index (χ1v) is 43.3. The van der Waals surface area contributed by atoms with Crippen molar-refractivity contribution in [1.82, 2.24) is 0 Å². The van der Waals surface area contributed by atoms with Crippen molar-refractivity contribution in [3.63, 3.8) is 0 Å². The average molecular weight is 1580 g/mol. The number of hydrogen-bond acceptors (Lipinski definition) is 2. The highest BCUT2D eigenvalue weighted by atomic mass is 16.5. The molecule has 2 nitrogen and oxygen atoms in total. The van der Waals surface area contributed by atoms with Crippen LogP contribution in [0.25, 0.3) is 220 Å². The van der Waals surface area contributed by atoms with Crippen LogP contribution in [0.1, 0.15) is 0 Å². The Balaban J connectivity index is 0.805. The summed E-state index contributed by atoms with van der Waals surface area (Å²) in [7, 11) is 0. The van der Waals surface area contributed by atoms with Gasteiger partial charge >= 0.3 is 0 Å². The Morgan fingerprint density at radius 2 is 0.304 bits per heavy atom. The molecule has 23 aromatic carbocycles. The minimum absolute atomic E-state index is 0.470. The summed E-state index contributed by atoms with van der Waals surface area (Å²) in [4.78, 5) is 0. The van der Waals surface area contributed by atoms with Gasteiger partial charge in [-0.1, -0.05) is 449 Å². The summed E-state index contributed by atoms with van der Waals surface area (Å²) in [6.07, 6.45) is 0. The van der Waals surface area contributed by atoms with Crippen molar-refractivity contribution >= 4 is 109 Å². The van der Waals surface area contributed by atoms with E-state index in [1.807, 2.05) is 0 Å². The summed E-state index contributed by atoms with van der Waals surface area (Å²) in [5.74, 6) is 3.06. The monoisotopic (exact) mass is 1580 g/mol. The molecule has 2 aliphatic rings. The molecule has 0 spiro atoms. The SMILES string of the molecule is c1ccc(-c2c3ccccc3c(-c3ccccc3-c3cccc4c3Oc3c(-c5ccccc5-c5c6ccccc6c(-c6ccccc6)c6ccccc56)cc(-c5ccccc5-c5c6ccccc6c(-c6ccccc6)c6ccccc56)c5c3B4c3cccc(-c4ccccc4-c4c6ccccc6c(-c6ccccc6)c6ccccc46)c3O5)c3ccccc23)cc1. The van der Waals surface area contributed by atoms with E-state index in [4.69, 9.17) is 9.47 Å². The Bertz CT molecular complexity index is 7690. The highest BCUT2D eigenvalue weighted by molar-refractivity contribution is 6.98. The quantitative estimate of drug-likeness (QED) is 0.0897. The molecule has 0 bridgehead atoms. The molecule has 0 aromatic heterocycles. The molecular weight excluding hydrogens is 1510 g/mol. The third-order valence-corrected chi connectivity index (χ3v) is 26.6. The summed E-state index contributed by atoms with van der Waals surface area (Å²) < 4.78 is 17.0. The lowest BCUT2D eigenvalue weighted by Gasteiger charge is -2.37. The van der Waals surface area contributed by atoms with Crippen LogP contribution in [0.3, 0.4) is 0 Å². The second-order valence-corrected chi connectivity index (χ2v) is 33.1. The second-order valence-electron chi connectivity index (χ2n) is 33.1. The molecule has 0 saturated carbocycles. The average Bonchev–Trinajstić information content (AvgIpc) is 0.692. The van der Waals surface area contributed by atoms with Crippen LogP contribution in [0.2, 0.25) is 0 Å². The van der Waals surface area contributed by atoms with Gasteiger partial charge in [-0.2, -0.15) is 0 Å². The Labute approximate surface area is 725 Å². The first-order chi connectivity index (χ1) is 62.1. The highest BCUT2D eigenvalue weighted by Gasteiger charge is 2.46. The summed E-state index contributed by atoms with van der Waals surface area (Å²) >= 11 is 0. The molecule has 0 unspecified atom stereocenters. The smallest absolute Gasteiger partial charge is 0.260 e. The molecule has 0 amide bonds. The molecule has 0 fully saturated rings. The van der Waals surface area contributed by atoms with E-state index >= 15 is 0 Å². The lowest BCUT2D eigenvalue weighted by molar-refractivity contribution is 0.468. The number of para-hydroxylation sites is 2. The lowest BCUT2D eigenvalue weighted by Crippen LogP contribution is -2.57. The number of benzene rings is 23. The fraction of sp³-hybridized carbons (Fsp3) is 0. The molecule has 23 aromatic rings. The summed E-state index contributed by atoms with van der Waals surface area (Å²) in [6, 6.07) is 169. The van der Waals surface area contributed by atoms with Gasteiger partial charge in [-0.15, -0.1) is 0 Å². The molecular formula is C122H75BO2. The second kappa shape index (κ2) is 29.3. The van der Waals surface area contributed by atoms with Crippen LogP contribution in [-0.2, 0) is 0 Å². The molecule has 0 aliphatic carbocycles. The Morgan fingerprint density at radius 1 is 0.128 bits per heavy atom. The van der Waals surface area contributed by atoms with E-state index in [2.05, 4.69) is 455 Å². The van der Waals surface area contributed by atoms with Gasteiger partial charge in [0.1, 0.15) is 23.0 Å². The summed E-state index contributed by atoms with van der Waals surface area (Å²) in [5.41, 5.74) is 29.6. The Morgan fingerprint density at radius 3 is 0.528 bits per heavy atom. The topological polar surface area (TPSA) is 18.5 Å². The first kappa shape index (κ1) is 71.7. The number of ether oxygens (including phenoxy) is 2. The maximum absolute atomic E-state index is 8.51. The molecule has 25 rings (SSSR count). The van der Waals surface area contributed by atoms with Gasteiger partial charge < -0.3 is 9.47 Å². The van der Waals surface area contributed by atoms with Gasteiger partial charge in [-0.05, 0) is 214 Å². The van der Waals surface area contributed by atoms with Crippen LogP contribution in [0.15, 0.2) is 455 Å². The largest absolute Gasteiger partial charge is 0.457 e. The van der Waals surface area contributed by atoms with Gasteiger partial charge in [0, 0.05) is 27.7 Å². The van der Waals surface area contributed by atoms with Crippen molar-refractivity contribution in [3.8, 4) is 157 Å². The first-order valence-electron chi connectivity index (χ1n) is 43.3. The van der Waals surface area contributed by atoms with Crippen molar-refractivity contribution in [3.05, 3.63) is 455 Å². The minimum atomic E-state index is -0.470. The van der Waals surface area contributed by atoms with Crippen LogP contribution in [0.4, 0.5) is 0 Å². The molecule has 125 heavy (non-hydrogen) atoms. The fourth-order valence-corrected chi connectivity index (χ4v) is 21.5. The zero-order valence-corrected chi connectivity index (χ0v) is 68.2. The van der Waals surface area contributed by atoms with Gasteiger partial charge in [0.2, 0.25) is 0 Å². The maximum Gasteiger partial charge on any atom is 0.260 e. The van der Waals surface area contributed by atoms with Crippen molar-refractivity contribution in [2.45, 2.75) is 0 Å². The van der Waals surface area contributed by atoms with Crippen LogP contribution in [-0.4, -0.2) is 6.71 Å². The van der Waals surface area contributed by atoms with Gasteiger partial charge in [-0.3, -0.25) is 0 Å². The van der Waals surface area contributed by atoms with E-state index in [0.29, 0.717) is 0 Å². The third kappa shape index (κ3) is 11.2. The van der Waals surface area contributed by atoms with E-state index < -0.39 is 6.71 Å². The van der Waals surface area contributed by atoms with Crippen LogP contribution < -0.4 is 25.9 Å². The van der Waals surface area contributed by atoms with E-state index in [-0.39, 0.29) is 0 Å². The van der Waals surface area contributed by atoms with Crippen molar-refractivity contribution in [2.75, 3.05) is 0 Å². The van der Waals surface area contributed by atoms with Crippen LogP contribution in [0.5, 0.6) is 23.0 Å². The molecule has 2 heterocycles. The molecule has 3 heteroatoms. The zero-order chi connectivity index (χ0) is 82.2. The fourth-order valence-electron chi connectivity index (χ4n) is 21.5. The van der Waals surface area contributed by atoms with Crippen molar-refractivity contribution in [2.24, 2.45) is 0 Å². The molecule has 0 radical (unpaired) electrons. The number of fused-ring (bicyclic) bond motifs is 12. The van der Waals surface area contributed by atoms with E-state index in [1.54, 1.807) is 0 Å². The minimum Gasteiger partial charge on any atom is -0.457 e. The normalized spacial score (nSPS) is 12.1. The van der Waals surface area contributed by atoms with Gasteiger partial charge in [0.15, 0.2) is 0 Å².